The van der Waals surface area contributed by atoms with Gasteiger partial charge in [-0.1, -0.05) is 0 Å². The third-order valence-corrected chi connectivity index (χ3v) is 3.33. The van der Waals surface area contributed by atoms with Crippen LogP contribution in [0.3, 0.4) is 0 Å². The van der Waals surface area contributed by atoms with Crippen molar-refractivity contribution in [2.24, 2.45) is 7.05 Å². The third-order valence-electron chi connectivity index (χ3n) is 3.33. The van der Waals surface area contributed by atoms with E-state index in [0.29, 0.717) is 0 Å². The lowest BCUT2D eigenvalue weighted by atomic mass is 10.0. The lowest BCUT2D eigenvalue weighted by Gasteiger charge is -2.25. The lowest BCUT2D eigenvalue weighted by Crippen LogP contribution is -2.33. The van der Waals surface area contributed by atoms with E-state index in [1.54, 1.807) is 0 Å². The van der Waals surface area contributed by atoms with E-state index in [4.69, 9.17) is 10.5 Å². The number of hydrogen-bond acceptors (Lipinski definition) is 3. The van der Waals surface area contributed by atoms with Gasteiger partial charge in [-0.05, 0) is 23.8 Å². The fraction of sp³-hybridized carbons (Fsp3) is 0.385. The van der Waals surface area contributed by atoms with Crippen molar-refractivity contribution >= 4 is 16.6 Å². The number of nitrogens with one attached hydrogen (secondary N) is 1. The number of benzene rings is 1. The van der Waals surface area contributed by atoms with Crippen LogP contribution in [-0.4, -0.2) is 24.3 Å². The van der Waals surface area contributed by atoms with Crippen molar-refractivity contribution in [3.8, 4) is 0 Å². The fourth-order valence-electron chi connectivity index (χ4n) is 2.45. The summed E-state index contributed by atoms with van der Waals surface area (Å²) < 4.78 is 7.90. The van der Waals surface area contributed by atoms with E-state index in [9.17, 15) is 0 Å². The number of morpholine rings is 1. The van der Waals surface area contributed by atoms with Crippen molar-refractivity contribution < 1.29 is 4.74 Å². The molecule has 2 aromatic rings. The highest BCUT2D eigenvalue weighted by Crippen LogP contribution is 2.30. The molecule has 4 heteroatoms. The van der Waals surface area contributed by atoms with Crippen LogP contribution in [-0.2, 0) is 11.8 Å². The third kappa shape index (κ3) is 1.79. The number of ether oxygens (including phenoxy) is 1. The predicted molar refractivity (Wildman–Crippen MR) is 68.9 cm³/mol. The molecule has 0 radical (unpaired) electrons. The van der Waals surface area contributed by atoms with E-state index in [-0.39, 0.29) is 6.10 Å². The zero-order chi connectivity index (χ0) is 11.8. The molecule has 1 aliphatic heterocycles. The lowest BCUT2D eigenvalue weighted by molar-refractivity contribution is 0.0286. The van der Waals surface area contributed by atoms with Gasteiger partial charge in [0.2, 0.25) is 0 Å². The molecule has 0 saturated carbocycles. The number of fused-ring (bicyclic) bond motifs is 1. The Morgan fingerprint density at radius 1 is 1.47 bits per heavy atom. The summed E-state index contributed by atoms with van der Waals surface area (Å²) in [6.45, 7) is 2.54. The first-order valence-corrected chi connectivity index (χ1v) is 5.92. The van der Waals surface area contributed by atoms with Gasteiger partial charge in [0.05, 0.1) is 18.2 Å². The topological polar surface area (TPSA) is 52.2 Å². The predicted octanol–water partition coefficient (Wildman–Crippen LogP) is 1.42. The van der Waals surface area contributed by atoms with Crippen LogP contribution in [0.2, 0.25) is 0 Å². The standard InChI is InChI=1S/C13H17N3O/c1-16-4-2-10-11(6-9(14)7-12(10)16)13-8-15-3-5-17-13/h2,4,6-7,13,15H,3,5,8,14H2,1H3. The normalized spacial score (nSPS) is 20.9. The van der Waals surface area contributed by atoms with Crippen molar-refractivity contribution in [1.29, 1.82) is 0 Å². The Balaban J connectivity index is 2.13. The Morgan fingerprint density at radius 2 is 2.35 bits per heavy atom. The van der Waals surface area contributed by atoms with Gasteiger partial charge < -0.3 is 20.4 Å². The first kappa shape index (κ1) is 10.6. The molecule has 3 N–H and O–H groups in total. The van der Waals surface area contributed by atoms with Crippen molar-refractivity contribution in [2.75, 3.05) is 25.4 Å². The first-order valence-electron chi connectivity index (χ1n) is 5.92. The van der Waals surface area contributed by atoms with Gasteiger partial charge in [-0.25, -0.2) is 0 Å². The molecule has 90 valence electrons. The zero-order valence-electron chi connectivity index (χ0n) is 9.94. The largest absolute Gasteiger partial charge is 0.399 e. The van der Waals surface area contributed by atoms with E-state index in [0.717, 1.165) is 30.9 Å². The Kier molecular flexibility index (Phi) is 2.53. The van der Waals surface area contributed by atoms with E-state index < -0.39 is 0 Å². The van der Waals surface area contributed by atoms with Gasteiger partial charge in [0.15, 0.2) is 0 Å². The number of nitrogens with two attached hydrogens (primary N) is 1. The monoisotopic (exact) mass is 231 g/mol. The van der Waals surface area contributed by atoms with Gasteiger partial charge >= 0.3 is 0 Å². The maximum absolute atomic E-state index is 5.97. The Labute approximate surface area is 100 Å². The Bertz CT molecular complexity index is 541. The first-order chi connectivity index (χ1) is 8.25. The molecular formula is C13H17N3O. The second-order valence-corrected chi connectivity index (χ2v) is 4.53. The van der Waals surface area contributed by atoms with Crippen LogP contribution in [0.15, 0.2) is 24.4 Å². The van der Waals surface area contributed by atoms with Crippen molar-refractivity contribution in [1.82, 2.24) is 9.88 Å². The van der Waals surface area contributed by atoms with E-state index in [2.05, 4.69) is 22.1 Å². The minimum atomic E-state index is 0.108. The second-order valence-electron chi connectivity index (χ2n) is 4.53. The number of aromatic nitrogens is 1. The molecule has 1 aromatic carbocycles. The summed E-state index contributed by atoms with van der Waals surface area (Å²) >= 11 is 0. The van der Waals surface area contributed by atoms with Crippen LogP contribution < -0.4 is 11.1 Å². The van der Waals surface area contributed by atoms with Crippen LogP contribution in [0.5, 0.6) is 0 Å². The minimum Gasteiger partial charge on any atom is -0.399 e. The highest BCUT2D eigenvalue weighted by atomic mass is 16.5. The molecule has 17 heavy (non-hydrogen) atoms. The maximum Gasteiger partial charge on any atom is 0.0957 e. The molecule has 1 fully saturated rings. The molecule has 1 aromatic heterocycles. The van der Waals surface area contributed by atoms with Gasteiger partial charge in [0.1, 0.15) is 0 Å². The van der Waals surface area contributed by atoms with Gasteiger partial charge in [-0.2, -0.15) is 0 Å². The molecular weight excluding hydrogens is 214 g/mol. The summed E-state index contributed by atoms with van der Waals surface area (Å²) in [5.41, 5.74) is 9.11. The van der Waals surface area contributed by atoms with Crippen LogP contribution in [0, 0.1) is 0 Å². The average molecular weight is 231 g/mol. The minimum absolute atomic E-state index is 0.108. The van der Waals surface area contributed by atoms with Crippen LogP contribution >= 0.6 is 0 Å². The smallest absolute Gasteiger partial charge is 0.0957 e. The molecule has 4 nitrogen and oxygen atoms in total. The molecule has 1 aliphatic rings. The maximum atomic E-state index is 5.97. The van der Waals surface area contributed by atoms with E-state index in [1.165, 1.54) is 10.9 Å². The highest BCUT2D eigenvalue weighted by Gasteiger charge is 2.19. The van der Waals surface area contributed by atoms with Gasteiger partial charge in [0.25, 0.3) is 0 Å². The molecule has 2 heterocycles. The number of nitrogens with zero attached hydrogens (tertiary/aromatic N) is 1. The fourth-order valence-corrected chi connectivity index (χ4v) is 2.45. The summed E-state index contributed by atoms with van der Waals surface area (Å²) in [5.74, 6) is 0. The molecule has 3 rings (SSSR count). The molecule has 0 aliphatic carbocycles. The molecule has 1 atom stereocenters. The summed E-state index contributed by atoms with van der Waals surface area (Å²) in [6.07, 6.45) is 2.17. The van der Waals surface area contributed by atoms with Crippen LogP contribution in [0.25, 0.3) is 10.9 Å². The van der Waals surface area contributed by atoms with Crippen molar-refractivity contribution in [3.63, 3.8) is 0 Å². The van der Waals surface area contributed by atoms with Gasteiger partial charge in [-0.3, -0.25) is 0 Å². The summed E-state index contributed by atoms with van der Waals surface area (Å²) in [6, 6.07) is 6.16. The highest BCUT2D eigenvalue weighted by molar-refractivity contribution is 5.87. The molecule has 0 bridgehead atoms. The molecule has 0 spiro atoms. The van der Waals surface area contributed by atoms with E-state index >= 15 is 0 Å². The summed E-state index contributed by atoms with van der Waals surface area (Å²) in [5, 5.41) is 4.58. The number of aryl methyl sites for hydroxylation is 1. The van der Waals surface area contributed by atoms with Gasteiger partial charge in [0, 0.05) is 37.4 Å². The summed E-state index contributed by atoms with van der Waals surface area (Å²) in [7, 11) is 2.03. The van der Waals surface area contributed by atoms with E-state index in [1.807, 2.05) is 19.2 Å². The molecule has 0 amide bonds. The van der Waals surface area contributed by atoms with Crippen LogP contribution in [0.1, 0.15) is 11.7 Å². The quantitative estimate of drug-likeness (QED) is 0.730. The zero-order valence-corrected chi connectivity index (χ0v) is 9.94. The number of hydrogen-bond donors (Lipinski definition) is 2. The molecule has 1 saturated heterocycles. The van der Waals surface area contributed by atoms with Crippen LogP contribution in [0.4, 0.5) is 5.69 Å². The second kappa shape index (κ2) is 4.05. The number of anilines is 1. The van der Waals surface area contributed by atoms with Crippen molar-refractivity contribution in [3.05, 3.63) is 30.0 Å². The summed E-state index contributed by atoms with van der Waals surface area (Å²) in [4.78, 5) is 0. The number of rotatable bonds is 1. The van der Waals surface area contributed by atoms with Crippen molar-refractivity contribution in [2.45, 2.75) is 6.10 Å². The Morgan fingerprint density at radius 3 is 3.12 bits per heavy atom. The SMILES string of the molecule is Cn1ccc2c(C3CNCCO3)cc(N)cc21. The average Bonchev–Trinajstić information content (AvgIpc) is 2.72. The number of nitrogen functional groups attached to an aromatic ring is 1. The Hall–Kier alpha value is -1.52. The van der Waals surface area contributed by atoms with Gasteiger partial charge in [-0.15, -0.1) is 0 Å². The molecule has 1 unspecified atom stereocenters.